The fraction of sp³-hybridized carbons (Fsp3) is 0.923. The number of hydrogen-bond acceptors (Lipinski definition) is 3. The lowest BCUT2D eigenvalue weighted by Crippen LogP contribution is -2.45. The standard InChI is InChI=1S/C13H26N2O2/c1-3-10(2)12(14)13(16)15-8-7-11-6-4-5-9-17-11/h10-12H,3-9,14H2,1-2H3,(H,15,16)/t10-,11?,12-/m0/s1. The van der Waals surface area contributed by atoms with E-state index in [4.69, 9.17) is 10.5 Å². The number of nitrogens with two attached hydrogens (primary N) is 1. The monoisotopic (exact) mass is 242 g/mol. The van der Waals surface area contributed by atoms with E-state index >= 15 is 0 Å². The SMILES string of the molecule is CC[C@H](C)[C@H](N)C(=O)NCCC1CCCCO1. The van der Waals surface area contributed by atoms with Crippen molar-refractivity contribution in [3.63, 3.8) is 0 Å². The van der Waals surface area contributed by atoms with Gasteiger partial charge in [-0.25, -0.2) is 0 Å². The lowest BCUT2D eigenvalue weighted by atomic mass is 9.99. The van der Waals surface area contributed by atoms with Crippen LogP contribution in [0.25, 0.3) is 0 Å². The Morgan fingerprint density at radius 3 is 2.88 bits per heavy atom. The van der Waals surface area contributed by atoms with Crippen LogP contribution in [0.15, 0.2) is 0 Å². The summed E-state index contributed by atoms with van der Waals surface area (Å²) in [6.07, 6.45) is 5.68. The molecule has 0 radical (unpaired) electrons. The van der Waals surface area contributed by atoms with Crippen molar-refractivity contribution in [2.24, 2.45) is 11.7 Å². The number of ether oxygens (including phenoxy) is 1. The van der Waals surface area contributed by atoms with E-state index in [-0.39, 0.29) is 17.9 Å². The first kappa shape index (κ1) is 14.5. The average molecular weight is 242 g/mol. The zero-order chi connectivity index (χ0) is 12.7. The summed E-state index contributed by atoms with van der Waals surface area (Å²) in [6.45, 7) is 5.60. The van der Waals surface area contributed by atoms with Crippen LogP contribution < -0.4 is 11.1 Å². The van der Waals surface area contributed by atoms with Crippen LogP contribution in [-0.4, -0.2) is 31.2 Å². The quantitative estimate of drug-likeness (QED) is 0.740. The van der Waals surface area contributed by atoms with Gasteiger partial charge in [-0.3, -0.25) is 4.79 Å². The molecule has 1 rings (SSSR count). The highest BCUT2D eigenvalue weighted by Crippen LogP contribution is 2.14. The van der Waals surface area contributed by atoms with Gasteiger partial charge in [0.2, 0.25) is 5.91 Å². The minimum Gasteiger partial charge on any atom is -0.378 e. The first-order chi connectivity index (χ1) is 8.15. The third kappa shape index (κ3) is 5.04. The van der Waals surface area contributed by atoms with Crippen LogP contribution >= 0.6 is 0 Å². The molecule has 0 saturated carbocycles. The molecule has 0 bridgehead atoms. The molecule has 100 valence electrons. The molecule has 0 aliphatic carbocycles. The van der Waals surface area contributed by atoms with Gasteiger partial charge < -0.3 is 15.8 Å². The number of hydrogen-bond donors (Lipinski definition) is 2. The molecule has 3 atom stereocenters. The second-order valence-corrected chi connectivity index (χ2v) is 4.98. The van der Waals surface area contributed by atoms with Crippen LogP contribution in [-0.2, 0) is 9.53 Å². The molecule has 1 saturated heterocycles. The van der Waals surface area contributed by atoms with E-state index in [1.54, 1.807) is 0 Å². The van der Waals surface area contributed by atoms with Gasteiger partial charge >= 0.3 is 0 Å². The predicted octanol–water partition coefficient (Wildman–Crippen LogP) is 1.44. The molecule has 0 aromatic carbocycles. The summed E-state index contributed by atoms with van der Waals surface area (Å²) in [5.74, 6) is 0.205. The second kappa shape index (κ2) is 7.67. The molecule has 1 fully saturated rings. The molecule has 1 heterocycles. The highest BCUT2D eigenvalue weighted by molar-refractivity contribution is 5.81. The van der Waals surface area contributed by atoms with E-state index in [1.807, 2.05) is 13.8 Å². The second-order valence-electron chi connectivity index (χ2n) is 4.98. The number of amides is 1. The van der Waals surface area contributed by atoms with Gasteiger partial charge in [0.15, 0.2) is 0 Å². The Labute approximate surface area is 104 Å². The van der Waals surface area contributed by atoms with Crippen LogP contribution in [0, 0.1) is 5.92 Å². The third-order valence-corrected chi connectivity index (χ3v) is 3.60. The number of carbonyl (C=O) groups excluding carboxylic acids is 1. The number of rotatable bonds is 6. The topological polar surface area (TPSA) is 64.4 Å². The van der Waals surface area contributed by atoms with Crippen LogP contribution in [0.1, 0.15) is 46.0 Å². The number of carbonyl (C=O) groups is 1. The molecule has 17 heavy (non-hydrogen) atoms. The molecule has 0 aromatic rings. The Hall–Kier alpha value is -0.610. The number of nitrogens with one attached hydrogen (secondary N) is 1. The van der Waals surface area contributed by atoms with Gasteiger partial charge in [-0.1, -0.05) is 20.3 Å². The van der Waals surface area contributed by atoms with Crippen LogP contribution in [0.5, 0.6) is 0 Å². The van der Waals surface area contributed by atoms with Gasteiger partial charge in [-0.15, -0.1) is 0 Å². The smallest absolute Gasteiger partial charge is 0.237 e. The maximum atomic E-state index is 11.7. The van der Waals surface area contributed by atoms with Crippen molar-refractivity contribution in [3.05, 3.63) is 0 Å². The van der Waals surface area contributed by atoms with E-state index in [0.717, 1.165) is 25.9 Å². The van der Waals surface area contributed by atoms with Gasteiger partial charge in [-0.2, -0.15) is 0 Å². The minimum atomic E-state index is -0.382. The molecular weight excluding hydrogens is 216 g/mol. The van der Waals surface area contributed by atoms with E-state index in [0.29, 0.717) is 12.6 Å². The Balaban J connectivity index is 2.14. The maximum Gasteiger partial charge on any atom is 0.237 e. The van der Waals surface area contributed by atoms with Crippen LogP contribution in [0.4, 0.5) is 0 Å². The summed E-state index contributed by atoms with van der Waals surface area (Å²) in [4.78, 5) is 11.7. The zero-order valence-electron chi connectivity index (χ0n) is 11.1. The average Bonchev–Trinajstić information content (AvgIpc) is 2.38. The molecule has 0 aromatic heterocycles. The Kier molecular flexibility index (Phi) is 6.52. The van der Waals surface area contributed by atoms with Gasteiger partial charge in [0.1, 0.15) is 0 Å². The van der Waals surface area contributed by atoms with Gasteiger partial charge in [0, 0.05) is 13.2 Å². The van der Waals surface area contributed by atoms with E-state index in [9.17, 15) is 4.79 Å². The maximum absolute atomic E-state index is 11.7. The fourth-order valence-electron chi connectivity index (χ4n) is 2.02. The lowest BCUT2D eigenvalue weighted by Gasteiger charge is -2.23. The summed E-state index contributed by atoms with van der Waals surface area (Å²) < 4.78 is 5.61. The Bertz CT molecular complexity index is 227. The molecule has 0 spiro atoms. The van der Waals surface area contributed by atoms with Crippen LogP contribution in [0.2, 0.25) is 0 Å². The van der Waals surface area contributed by atoms with Crippen molar-refractivity contribution < 1.29 is 9.53 Å². The van der Waals surface area contributed by atoms with Gasteiger partial charge in [0.25, 0.3) is 0 Å². The van der Waals surface area contributed by atoms with Crippen molar-refractivity contribution in [1.29, 1.82) is 0 Å². The van der Waals surface area contributed by atoms with Crippen molar-refractivity contribution in [2.75, 3.05) is 13.2 Å². The molecule has 3 N–H and O–H groups in total. The first-order valence-electron chi connectivity index (χ1n) is 6.80. The summed E-state index contributed by atoms with van der Waals surface area (Å²) in [7, 11) is 0. The minimum absolute atomic E-state index is 0.0323. The summed E-state index contributed by atoms with van der Waals surface area (Å²) in [5.41, 5.74) is 5.85. The predicted molar refractivity (Wildman–Crippen MR) is 68.6 cm³/mol. The molecule has 1 aliphatic rings. The van der Waals surface area contributed by atoms with Crippen molar-refractivity contribution in [3.8, 4) is 0 Å². The highest BCUT2D eigenvalue weighted by Gasteiger charge is 2.19. The largest absolute Gasteiger partial charge is 0.378 e. The third-order valence-electron chi connectivity index (χ3n) is 3.60. The summed E-state index contributed by atoms with van der Waals surface area (Å²) >= 11 is 0. The normalized spacial score (nSPS) is 24.1. The fourth-order valence-corrected chi connectivity index (χ4v) is 2.02. The van der Waals surface area contributed by atoms with Gasteiger partial charge in [0.05, 0.1) is 12.1 Å². The first-order valence-corrected chi connectivity index (χ1v) is 6.80. The van der Waals surface area contributed by atoms with Crippen LogP contribution in [0.3, 0.4) is 0 Å². The molecule has 4 heteroatoms. The zero-order valence-corrected chi connectivity index (χ0v) is 11.1. The lowest BCUT2D eigenvalue weighted by molar-refractivity contribution is -0.123. The molecule has 1 amide bonds. The van der Waals surface area contributed by atoms with Crippen molar-refractivity contribution in [1.82, 2.24) is 5.32 Å². The highest BCUT2D eigenvalue weighted by atomic mass is 16.5. The van der Waals surface area contributed by atoms with E-state index < -0.39 is 0 Å². The van der Waals surface area contributed by atoms with Crippen molar-refractivity contribution >= 4 is 5.91 Å². The summed E-state index contributed by atoms with van der Waals surface area (Å²) in [5, 5.41) is 2.90. The van der Waals surface area contributed by atoms with Crippen molar-refractivity contribution in [2.45, 2.75) is 58.1 Å². The molecule has 4 nitrogen and oxygen atoms in total. The Morgan fingerprint density at radius 1 is 1.53 bits per heavy atom. The van der Waals surface area contributed by atoms with E-state index in [1.165, 1.54) is 12.8 Å². The molecule has 1 aliphatic heterocycles. The molecule has 1 unspecified atom stereocenters. The summed E-state index contributed by atoms with van der Waals surface area (Å²) in [6, 6.07) is -0.382. The van der Waals surface area contributed by atoms with Gasteiger partial charge in [-0.05, 0) is 31.6 Å². The molecular formula is C13H26N2O2. The van der Waals surface area contributed by atoms with E-state index in [2.05, 4.69) is 5.32 Å². The Morgan fingerprint density at radius 2 is 2.29 bits per heavy atom.